The van der Waals surface area contributed by atoms with Crippen molar-refractivity contribution in [1.82, 2.24) is 9.95 Å². The van der Waals surface area contributed by atoms with E-state index in [1.54, 1.807) is 48.6 Å². The van der Waals surface area contributed by atoms with E-state index < -0.39 is 17.1 Å². The summed E-state index contributed by atoms with van der Waals surface area (Å²) in [6, 6.07) is 8.88. The summed E-state index contributed by atoms with van der Waals surface area (Å²) in [5.41, 5.74) is 3.01. The molecule has 0 bridgehead atoms. The normalized spacial score (nSPS) is 14.4. The Hall–Kier alpha value is -3.12. The van der Waals surface area contributed by atoms with Gasteiger partial charge in [-0.3, -0.25) is 19.9 Å². The van der Waals surface area contributed by atoms with Gasteiger partial charge in [0.15, 0.2) is 0 Å². The molecule has 1 aliphatic rings. The maximum atomic E-state index is 12.3. The van der Waals surface area contributed by atoms with E-state index in [0.29, 0.717) is 27.8 Å². The van der Waals surface area contributed by atoms with Gasteiger partial charge >= 0.3 is 0 Å². The minimum Gasteiger partial charge on any atom is -0.288 e. The van der Waals surface area contributed by atoms with Gasteiger partial charge in [-0.1, -0.05) is 42.2 Å². The average molecular weight is 371 g/mol. The Morgan fingerprint density at radius 2 is 2.08 bits per heavy atom. The van der Waals surface area contributed by atoms with Crippen molar-refractivity contribution < 1.29 is 19.4 Å². The zero-order chi connectivity index (χ0) is 18.8. The van der Waals surface area contributed by atoms with Crippen LogP contribution in [0.15, 0.2) is 78.1 Å². The monoisotopic (exact) mass is 371 g/mol. The number of hydrogen-bond acceptors (Lipinski definition) is 4. The summed E-state index contributed by atoms with van der Waals surface area (Å²) in [6.45, 7) is 0. The smallest absolute Gasteiger partial charge is 0.267 e. The first-order valence-electron chi connectivity index (χ1n) is 7.52. The third-order valence-corrected chi connectivity index (χ3v) is 4.05. The fraction of sp³-hybridized carbons (Fsp3) is 0.0556. The van der Waals surface area contributed by atoms with Crippen molar-refractivity contribution >= 4 is 22.8 Å². The number of hydrogen-bond donors (Lipinski definition) is 4. The van der Waals surface area contributed by atoms with E-state index in [-0.39, 0.29) is 0 Å². The lowest BCUT2D eigenvalue weighted by atomic mass is 10.2. The average Bonchev–Trinajstić information content (AvgIpc) is 2.90. The second kappa shape index (κ2) is 10.0. The Balaban J connectivity index is 2.09. The lowest BCUT2D eigenvalue weighted by Gasteiger charge is -2.18. The number of carbonyl (C=O) groups is 1. The molecule has 2 rings (SSSR count). The highest BCUT2D eigenvalue weighted by Crippen LogP contribution is 2.17. The quantitative estimate of drug-likeness (QED) is 0.276. The van der Waals surface area contributed by atoms with E-state index >= 15 is 0 Å². The first-order chi connectivity index (χ1) is 12.6. The summed E-state index contributed by atoms with van der Waals surface area (Å²) < 4.78 is 15.6. The van der Waals surface area contributed by atoms with Gasteiger partial charge in [-0.2, -0.15) is 4.47 Å². The third kappa shape index (κ3) is 6.07. The summed E-state index contributed by atoms with van der Waals surface area (Å²) in [4.78, 5) is 10.9. The van der Waals surface area contributed by atoms with Gasteiger partial charge in [-0.15, -0.1) is 0 Å². The molecule has 0 spiro atoms. The molecule has 1 aromatic rings. The van der Waals surface area contributed by atoms with Crippen LogP contribution in [0, 0.1) is 11.8 Å². The number of para-hydroxylation sites is 1. The van der Waals surface area contributed by atoms with E-state index in [1.807, 2.05) is 6.07 Å². The molecule has 0 heterocycles. The Kier molecular flexibility index (Phi) is 7.39. The van der Waals surface area contributed by atoms with Gasteiger partial charge in [0.1, 0.15) is 0 Å². The molecule has 1 atom stereocenters. The lowest BCUT2D eigenvalue weighted by Crippen LogP contribution is -2.26. The molecule has 0 fully saturated rings. The van der Waals surface area contributed by atoms with Crippen LogP contribution in [0.4, 0.5) is 5.69 Å². The molecule has 134 valence electrons. The highest BCUT2D eigenvalue weighted by molar-refractivity contribution is 7.83. The number of benzene rings is 1. The van der Waals surface area contributed by atoms with Gasteiger partial charge in [0.05, 0.1) is 5.70 Å². The Morgan fingerprint density at radius 1 is 1.31 bits per heavy atom. The van der Waals surface area contributed by atoms with Gasteiger partial charge in [-0.05, 0) is 30.4 Å². The molecule has 1 amide bonds. The van der Waals surface area contributed by atoms with Gasteiger partial charge in [0, 0.05) is 23.8 Å². The van der Waals surface area contributed by atoms with Gasteiger partial charge in [0.25, 0.3) is 5.91 Å². The van der Waals surface area contributed by atoms with Crippen molar-refractivity contribution in [3.8, 4) is 11.8 Å². The van der Waals surface area contributed by atoms with Crippen LogP contribution in [-0.2, 0) is 16.0 Å². The summed E-state index contributed by atoms with van der Waals surface area (Å²) in [5.74, 6) is 4.74. The number of amides is 1. The molecule has 1 aliphatic carbocycles. The number of anilines is 1. The van der Waals surface area contributed by atoms with E-state index in [4.69, 9.17) is 5.21 Å². The second-order valence-corrected chi connectivity index (χ2v) is 6.01. The topological polar surface area (TPSA) is 102 Å². The summed E-state index contributed by atoms with van der Waals surface area (Å²) in [6.07, 6.45) is 9.59. The van der Waals surface area contributed by atoms with Crippen LogP contribution >= 0.6 is 0 Å². The van der Waals surface area contributed by atoms with Crippen LogP contribution < -0.4 is 10.2 Å². The third-order valence-electron chi connectivity index (χ3n) is 3.09. The number of hydroxylamine groups is 2. The summed E-state index contributed by atoms with van der Waals surface area (Å²) in [7, 11) is 0. The second-order valence-electron chi connectivity index (χ2n) is 4.96. The number of nitrogens with zero attached hydrogens (tertiary/aromatic N) is 1. The molecule has 1 aromatic carbocycles. The minimum atomic E-state index is -1.88. The molecular weight excluding hydrogens is 354 g/mol. The van der Waals surface area contributed by atoms with Crippen molar-refractivity contribution in [2.75, 3.05) is 4.72 Å². The van der Waals surface area contributed by atoms with Crippen LogP contribution in [0.25, 0.3) is 0 Å². The van der Waals surface area contributed by atoms with E-state index in [0.717, 1.165) is 6.08 Å². The van der Waals surface area contributed by atoms with Crippen LogP contribution in [-0.4, -0.2) is 25.0 Å². The molecule has 0 aliphatic heterocycles. The van der Waals surface area contributed by atoms with Crippen molar-refractivity contribution in [2.24, 2.45) is 0 Å². The highest BCUT2D eigenvalue weighted by atomic mass is 32.2. The molecule has 4 N–H and O–H groups in total. The molecule has 0 saturated heterocycles. The maximum Gasteiger partial charge on any atom is 0.267 e. The van der Waals surface area contributed by atoms with E-state index in [9.17, 15) is 14.2 Å². The molecule has 0 radical (unpaired) electrons. The van der Waals surface area contributed by atoms with Gasteiger partial charge in [-0.25, -0.2) is 9.69 Å². The van der Waals surface area contributed by atoms with Crippen molar-refractivity contribution in [2.45, 2.75) is 6.42 Å². The molecule has 7 nitrogen and oxygen atoms in total. The number of nitrogens with one attached hydrogen (secondary N) is 2. The maximum absolute atomic E-state index is 12.3. The number of carbonyl (C=O) groups excluding carboxylic acids is 1. The van der Waals surface area contributed by atoms with E-state index in [2.05, 4.69) is 16.6 Å². The summed E-state index contributed by atoms with van der Waals surface area (Å²) >= 11 is -1.88. The zero-order valence-corrected chi connectivity index (χ0v) is 14.4. The SMILES string of the molecule is O=C(/C=C/C#CC1=CC=CCC(N(O)S(=O)Nc2ccccc2)=C1)NO. The Bertz CT molecular complexity index is 848. The predicted molar refractivity (Wildman–Crippen MR) is 98.6 cm³/mol. The molecular formula is C18H17N3O4S. The molecule has 26 heavy (non-hydrogen) atoms. The zero-order valence-electron chi connectivity index (χ0n) is 13.6. The first kappa shape index (κ1) is 19.2. The van der Waals surface area contributed by atoms with Crippen molar-refractivity contribution in [3.05, 3.63) is 78.1 Å². The number of rotatable bonds is 5. The minimum absolute atomic E-state index is 0.364. The summed E-state index contributed by atoms with van der Waals surface area (Å²) in [5, 5.41) is 18.6. The fourth-order valence-corrected chi connectivity index (χ4v) is 2.66. The van der Waals surface area contributed by atoms with Crippen LogP contribution in [0.1, 0.15) is 6.42 Å². The highest BCUT2D eigenvalue weighted by Gasteiger charge is 2.15. The lowest BCUT2D eigenvalue weighted by molar-refractivity contribution is -0.124. The van der Waals surface area contributed by atoms with Crippen LogP contribution in [0.5, 0.6) is 0 Å². The molecule has 0 saturated carbocycles. The molecule has 0 aromatic heterocycles. The van der Waals surface area contributed by atoms with Crippen LogP contribution in [0.2, 0.25) is 0 Å². The molecule has 8 heteroatoms. The Labute approximate surface area is 153 Å². The van der Waals surface area contributed by atoms with Crippen LogP contribution in [0.3, 0.4) is 0 Å². The number of allylic oxidation sites excluding steroid dienone is 6. The Morgan fingerprint density at radius 3 is 2.81 bits per heavy atom. The van der Waals surface area contributed by atoms with Crippen molar-refractivity contribution in [3.63, 3.8) is 0 Å². The standard InChI is InChI=1S/C18H17N3O4S/c22-18(19-23)13-7-5-9-15-8-4-6-12-17(14-15)21(24)26(25)20-16-10-2-1-3-11-16/h1-4,6-8,10-11,13-14,20,23-24H,12H2,(H,19,22)/b13-7+. The molecule has 1 unspecified atom stereocenters. The predicted octanol–water partition coefficient (Wildman–Crippen LogP) is 2.20. The largest absolute Gasteiger partial charge is 0.288 e. The van der Waals surface area contributed by atoms with Gasteiger partial charge < -0.3 is 0 Å². The van der Waals surface area contributed by atoms with Gasteiger partial charge in [0.2, 0.25) is 11.2 Å². The first-order valence-corrected chi connectivity index (χ1v) is 8.63. The van der Waals surface area contributed by atoms with Crippen molar-refractivity contribution in [1.29, 1.82) is 0 Å². The van der Waals surface area contributed by atoms with E-state index in [1.165, 1.54) is 11.6 Å². The fourth-order valence-electron chi connectivity index (χ4n) is 1.89.